The van der Waals surface area contributed by atoms with Crippen LogP contribution in [0.3, 0.4) is 0 Å². The molecule has 0 N–H and O–H groups in total. The lowest BCUT2D eigenvalue weighted by Gasteiger charge is -2.11. The van der Waals surface area contributed by atoms with E-state index >= 15 is 0 Å². The Balaban J connectivity index is 1.84. The first-order valence-electron chi connectivity index (χ1n) is 8.77. The molecule has 0 saturated heterocycles. The molecule has 0 radical (unpaired) electrons. The van der Waals surface area contributed by atoms with Crippen molar-refractivity contribution >= 4 is 22.7 Å². The molecule has 2 aromatic carbocycles. The zero-order chi connectivity index (χ0) is 17.5. The number of pyridine rings is 1. The summed E-state index contributed by atoms with van der Waals surface area (Å²) in [6, 6.07) is 22.7. The maximum absolute atomic E-state index is 4.98. The van der Waals surface area contributed by atoms with Crippen molar-refractivity contribution in [2.75, 3.05) is 0 Å². The Hall–Kier alpha value is -3.33. The Morgan fingerprint density at radius 3 is 2.27 bits per heavy atom. The number of fused-ring (bicyclic) bond motifs is 3. The molecule has 1 aliphatic carbocycles. The van der Waals surface area contributed by atoms with Crippen LogP contribution in [0, 0.1) is 6.92 Å². The van der Waals surface area contributed by atoms with E-state index in [1.165, 1.54) is 5.56 Å². The summed E-state index contributed by atoms with van der Waals surface area (Å²) in [4.78, 5) is 14.7. The van der Waals surface area contributed by atoms with Crippen LogP contribution in [0.5, 0.6) is 0 Å². The molecule has 1 aliphatic rings. The van der Waals surface area contributed by atoms with Crippen LogP contribution in [0.1, 0.15) is 33.9 Å². The lowest BCUT2D eigenvalue weighted by atomic mass is 10.0. The fourth-order valence-electron chi connectivity index (χ4n) is 3.48. The molecule has 4 aromatic rings. The van der Waals surface area contributed by atoms with E-state index in [2.05, 4.69) is 42.5 Å². The van der Waals surface area contributed by atoms with Crippen LogP contribution < -0.4 is 0 Å². The quantitative estimate of drug-likeness (QED) is 0.440. The van der Waals surface area contributed by atoms with Gasteiger partial charge in [0.15, 0.2) is 0 Å². The molecule has 26 heavy (non-hydrogen) atoms. The van der Waals surface area contributed by atoms with Gasteiger partial charge in [-0.25, -0.2) is 9.97 Å². The van der Waals surface area contributed by atoms with E-state index in [0.717, 1.165) is 51.4 Å². The number of benzene rings is 2. The van der Waals surface area contributed by atoms with Crippen LogP contribution in [-0.4, -0.2) is 15.0 Å². The molecule has 3 heteroatoms. The highest BCUT2D eigenvalue weighted by Gasteiger charge is 2.20. The van der Waals surface area contributed by atoms with Gasteiger partial charge in [-0.2, -0.15) is 0 Å². The third kappa shape index (κ3) is 2.49. The van der Waals surface area contributed by atoms with Gasteiger partial charge in [-0.1, -0.05) is 48.5 Å². The summed E-state index contributed by atoms with van der Waals surface area (Å²) in [5, 5.41) is 0. The monoisotopic (exact) mass is 335 g/mol. The third-order valence-corrected chi connectivity index (χ3v) is 4.77. The van der Waals surface area contributed by atoms with Crippen molar-refractivity contribution in [2.24, 2.45) is 0 Å². The summed E-state index contributed by atoms with van der Waals surface area (Å²) in [6.07, 6.45) is 2.90. The van der Waals surface area contributed by atoms with Gasteiger partial charge < -0.3 is 0 Å². The molecule has 2 heterocycles. The minimum Gasteiger partial charge on any atom is -0.253 e. The highest BCUT2D eigenvalue weighted by molar-refractivity contribution is 5.93. The van der Waals surface area contributed by atoms with E-state index < -0.39 is 0 Å². The SMILES string of the molecule is Cc1ccc2c(n1)C=C(c1ccccc1)c1nc3ccccc3nc1C2. The molecular formula is C23H17N3. The topological polar surface area (TPSA) is 38.7 Å². The van der Waals surface area contributed by atoms with E-state index in [9.17, 15) is 0 Å². The Labute approximate surface area is 152 Å². The third-order valence-electron chi connectivity index (χ3n) is 4.77. The van der Waals surface area contributed by atoms with Gasteiger partial charge in [-0.05, 0) is 42.3 Å². The van der Waals surface area contributed by atoms with Gasteiger partial charge in [0.1, 0.15) is 0 Å². The zero-order valence-corrected chi connectivity index (χ0v) is 14.5. The smallest absolute Gasteiger partial charge is 0.0935 e. The van der Waals surface area contributed by atoms with Crippen LogP contribution in [0.4, 0.5) is 0 Å². The minimum atomic E-state index is 0.739. The molecule has 0 fully saturated rings. The molecule has 5 rings (SSSR count). The summed E-state index contributed by atoms with van der Waals surface area (Å²) >= 11 is 0. The fraction of sp³-hybridized carbons (Fsp3) is 0.0870. The Bertz CT molecular complexity index is 1160. The summed E-state index contributed by atoms with van der Waals surface area (Å²) in [6.45, 7) is 2.03. The van der Waals surface area contributed by atoms with Gasteiger partial charge in [-0.3, -0.25) is 4.98 Å². The Morgan fingerprint density at radius 2 is 1.46 bits per heavy atom. The standard InChI is InChI=1S/C23H17N3/c1-15-11-12-17-13-22-23(26-20-10-6-5-9-19(20)25-22)18(14-21(17)24-15)16-7-3-2-4-8-16/h2-12,14H,13H2,1H3. The summed E-state index contributed by atoms with van der Waals surface area (Å²) in [5.74, 6) is 0. The van der Waals surface area contributed by atoms with Crippen LogP contribution >= 0.6 is 0 Å². The van der Waals surface area contributed by atoms with Crippen molar-refractivity contribution in [3.05, 3.63) is 101 Å². The summed E-state index contributed by atoms with van der Waals surface area (Å²) in [7, 11) is 0. The van der Waals surface area contributed by atoms with E-state index in [1.54, 1.807) is 0 Å². The van der Waals surface area contributed by atoms with E-state index in [-0.39, 0.29) is 0 Å². The van der Waals surface area contributed by atoms with Crippen molar-refractivity contribution in [1.29, 1.82) is 0 Å². The van der Waals surface area contributed by atoms with Gasteiger partial charge in [0.05, 0.1) is 28.1 Å². The molecule has 0 saturated carbocycles. The number of aryl methyl sites for hydroxylation is 1. The van der Waals surface area contributed by atoms with Crippen molar-refractivity contribution < 1.29 is 0 Å². The first kappa shape index (κ1) is 15.0. The van der Waals surface area contributed by atoms with E-state index in [0.29, 0.717) is 0 Å². The first-order valence-corrected chi connectivity index (χ1v) is 8.77. The van der Waals surface area contributed by atoms with Crippen molar-refractivity contribution in [3.63, 3.8) is 0 Å². The average Bonchev–Trinajstić information content (AvgIpc) is 2.83. The second-order valence-electron chi connectivity index (χ2n) is 6.61. The fourth-order valence-corrected chi connectivity index (χ4v) is 3.48. The number of rotatable bonds is 1. The summed E-state index contributed by atoms with van der Waals surface area (Å²) < 4.78 is 0. The molecule has 3 nitrogen and oxygen atoms in total. The van der Waals surface area contributed by atoms with Gasteiger partial charge >= 0.3 is 0 Å². The number of para-hydroxylation sites is 2. The van der Waals surface area contributed by atoms with Crippen LogP contribution in [0.2, 0.25) is 0 Å². The predicted octanol–water partition coefficient (Wildman–Crippen LogP) is 4.83. The molecule has 0 unspecified atom stereocenters. The van der Waals surface area contributed by atoms with Crippen LogP contribution in [-0.2, 0) is 6.42 Å². The molecule has 0 amide bonds. The van der Waals surface area contributed by atoms with Crippen LogP contribution in [0.25, 0.3) is 22.7 Å². The van der Waals surface area contributed by atoms with Crippen molar-refractivity contribution in [3.8, 4) is 0 Å². The maximum atomic E-state index is 4.98. The average molecular weight is 335 g/mol. The number of hydrogen-bond acceptors (Lipinski definition) is 3. The van der Waals surface area contributed by atoms with Gasteiger partial charge in [0, 0.05) is 17.7 Å². The van der Waals surface area contributed by atoms with Crippen LogP contribution in [0.15, 0.2) is 66.7 Å². The molecule has 0 spiro atoms. The number of nitrogens with zero attached hydrogens (tertiary/aromatic N) is 3. The van der Waals surface area contributed by atoms with Crippen molar-refractivity contribution in [1.82, 2.24) is 15.0 Å². The zero-order valence-electron chi connectivity index (χ0n) is 14.5. The predicted molar refractivity (Wildman–Crippen MR) is 105 cm³/mol. The molecule has 124 valence electrons. The highest BCUT2D eigenvalue weighted by atomic mass is 14.8. The lowest BCUT2D eigenvalue weighted by molar-refractivity contribution is 1.03. The van der Waals surface area contributed by atoms with Crippen molar-refractivity contribution in [2.45, 2.75) is 13.3 Å². The second kappa shape index (κ2) is 5.88. The maximum Gasteiger partial charge on any atom is 0.0935 e. The van der Waals surface area contributed by atoms with Gasteiger partial charge in [-0.15, -0.1) is 0 Å². The Morgan fingerprint density at radius 1 is 0.731 bits per heavy atom. The van der Waals surface area contributed by atoms with E-state index in [4.69, 9.17) is 15.0 Å². The summed E-state index contributed by atoms with van der Waals surface area (Å²) in [5.41, 5.74) is 9.23. The molecular weight excluding hydrogens is 318 g/mol. The molecule has 0 aliphatic heterocycles. The first-order chi connectivity index (χ1) is 12.8. The second-order valence-corrected chi connectivity index (χ2v) is 6.61. The van der Waals surface area contributed by atoms with Gasteiger partial charge in [0.25, 0.3) is 0 Å². The Kier molecular flexibility index (Phi) is 3.39. The largest absolute Gasteiger partial charge is 0.253 e. The number of aromatic nitrogens is 3. The normalized spacial score (nSPS) is 12.9. The highest BCUT2D eigenvalue weighted by Crippen LogP contribution is 2.33. The molecule has 0 atom stereocenters. The van der Waals surface area contributed by atoms with Gasteiger partial charge in [0.2, 0.25) is 0 Å². The molecule has 0 bridgehead atoms. The molecule has 2 aromatic heterocycles. The minimum absolute atomic E-state index is 0.739. The number of hydrogen-bond donors (Lipinski definition) is 0. The van der Waals surface area contributed by atoms with E-state index in [1.807, 2.05) is 37.3 Å². The lowest BCUT2D eigenvalue weighted by Crippen LogP contribution is -2.02.